The zero-order chi connectivity index (χ0) is 20.8. The molecule has 3 aromatic rings. The Bertz CT molecular complexity index is 1160. The molecule has 0 spiro atoms. The van der Waals surface area contributed by atoms with Crippen LogP contribution in [0.5, 0.6) is 0 Å². The highest BCUT2D eigenvalue weighted by atomic mass is 16.2. The van der Waals surface area contributed by atoms with Crippen LogP contribution in [0.3, 0.4) is 0 Å². The molecule has 1 aromatic heterocycles. The second-order valence-electron chi connectivity index (χ2n) is 8.61. The molecule has 0 bridgehead atoms. The summed E-state index contributed by atoms with van der Waals surface area (Å²) in [6.07, 6.45) is 3.93. The number of likely N-dealkylation sites (tertiary alicyclic amines) is 1. The highest BCUT2D eigenvalue weighted by Gasteiger charge is 2.26. The maximum absolute atomic E-state index is 13.0. The van der Waals surface area contributed by atoms with Crippen molar-refractivity contribution in [1.82, 2.24) is 14.8 Å². The standard InChI is InChI=1S/C25H25N3O2/c1-16-8-10-28(11-9-16)24(29)18-6-7-22-17(12-18)4-3-5-21(22)19-13-20-15-27(2)25(30)23(20)26-14-19/h3-7,12-14,16H,8-11,15H2,1-2H3. The first-order valence-corrected chi connectivity index (χ1v) is 10.6. The predicted molar refractivity (Wildman–Crippen MR) is 117 cm³/mol. The van der Waals surface area contributed by atoms with Gasteiger partial charge in [0.1, 0.15) is 5.69 Å². The molecular weight excluding hydrogens is 374 g/mol. The van der Waals surface area contributed by atoms with Gasteiger partial charge >= 0.3 is 0 Å². The van der Waals surface area contributed by atoms with Gasteiger partial charge in [0.15, 0.2) is 0 Å². The first-order chi connectivity index (χ1) is 14.5. The molecule has 1 saturated heterocycles. The van der Waals surface area contributed by atoms with Gasteiger partial charge in [-0.05, 0) is 53.3 Å². The number of aromatic nitrogens is 1. The van der Waals surface area contributed by atoms with Crippen molar-refractivity contribution in [3.63, 3.8) is 0 Å². The number of amides is 2. The SMILES string of the molecule is CC1CCN(C(=O)c2ccc3c(-c4cnc5c(c4)CN(C)C5=O)cccc3c2)CC1. The van der Waals surface area contributed by atoms with Gasteiger partial charge in [-0.1, -0.05) is 31.2 Å². The average molecular weight is 399 g/mol. The average Bonchev–Trinajstić information content (AvgIpc) is 3.06. The van der Waals surface area contributed by atoms with Crippen molar-refractivity contribution >= 4 is 22.6 Å². The molecule has 5 rings (SSSR count). The lowest BCUT2D eigenvalue weighted by Crippen LogP contribution is -2.37. The van der Waals surface area contributed by atoms with E-state index in [0.717, 1.165) is 59.0 Å². The summed E-state index contributed by atoms with van der Waals surface area (Å²) >= 11 is 0. The van der Waals surface area contributed by atoms with E-state index in [1.807, 2.05) is 35.2 Å². The van der Waals surface area contributed by atoms with E-state index in [2.05, 4.69) is 24.0 Å². The molecule has 2 aromatic carbocycles. The highest BCUT2D eigenvalue weighted by molar-refractivity contribution is 6.03. The van der Waals surface area contributed by atoms with Crippen LogP contribution in [-0.2, 0) is 6.54 Å². The molecule has 0 radical (unpaired) electrons. The minimum atomic E-state index is -0.0234. The van der Waals surface area contributed by atoms with Gasteiger partial charge < -0.3 is 9.80 Å². The van der Waals surface area contributed by atoms with Crippen LogP contribution in [0.2, 0.25) is 0 Å². The number of carbonyl (C=O) groups is 2. The topological polar surface area (TPSA) is 53.5 Å². The Morgan fingerprint density at radius 1 is 1.10 bits per heavy atom. The number of benzene rings is 2. The fourth-order valence-corrected chi connectivity index (χ4v) is 4.54. The van der Waals surface area contributed by atoms with E-state index in [9.17, 15) is 9.59 Å². The van der Waals surface area contributed by atoms with Crippen molar-refractivity contribution < 1.29 is 9.59 Å². The highest BCUT2D eigenvalue weighted by Crippen LogP contribution is 2.32. The molecule has 152 valence electrons. The molecule has 2 aliphatic rings. The second-order valence-corrected chi connectivity index (χ2v) is 8.61. The number of carbonyl (C=O) groups excluding carboxylic acids is 2. The number of hydrogen-bond donors (Lipinski definition) is 0. The molecule has 0 aliphatic carbocycles. The molecule has 0 saturated carbocycles. The van der Waals surface area contributed by atoms with Crippen LogP contribution >= 0.6 is 0 Å². The summed E-state index contributed by atoms with van der Waals surface area (Å²) in [6, 6.07) is 14.2. The molecule has 5 nitrogen and oxygen atoms in total. The van der Waals surface area contributed by atoms with Crippen molar-refractivity contribution in [2.24, 2.45) is 5.92 Å². The van der Waals surface area contributed by atoms with Crippen molar-refractivity contribution in [3.05, 3.63) is 65.5 Å². The summed E-state index contributed by atoms with van der Waals surface area (Å²) in [6.45, 7) is 4.52. The third kappa shape index (κ3) is 3.15. The minimum absolute atomic E-state index is 0.0234. The number of pyridine rings is 1. The van der Waals surface area contributed by atoms with Crippen LogP contribution < -0.4 is 0 Å². The number of fused-ring (bicyclic) bond motifs is 2. The lowest BCUT2D eigenvalue weighted by molar-refractivity contribution is 0.0697. The quantitative estimate of drug-likeness (QED) is 0.643. The van der Waals surface area contributed by atoms with E-state index in [1.54, 1.807) is 18.1 Å². The molecule has 3 heterocycles. The van der Waals surface area contributed by atoms with Crippen LogP contribution in [0.25, 0.3) is 21.9 Å². The Hall–Kier alpha value is -3.21. The third-order valence-electron chi connectivity index (χ3n) is 6.43. The Morgan fingerprint density at radius 3 is 2.70 bits per heavy atom. The van der Waals surface area contributed by atoms with E-state index in [4.69, 9.17) is 0 Å². The molecule has 0 atom stereocenters. The molecule has 1 fully saturated rings. The Balaban J connectivity index is 1.49. The van der Waals surface area contributed by atoms with Gasteiger partial charge in [-0.25, -0.2) is 0 Å². The van der Waals surface area contributed by atoms with Crippen LogP contribution in [-0.4, -0.2) is 46.7 Å². The summed E-state index contributed by atoms with van der Waals surface area (Å²) in [5.74, 6) is 0.795. The van der Waals surface area contributed by atoms with Crippen molar-refractivity contribution in [2.75, 3.05) is 20.1 Å². The molecule has 0 unspecified atom stereocenters. The first-order valence-electron chi connectivity index (χ1n) is 10.6. The summed E-state index contributed by atoms with van der Waals surface area (Å²) in [5, 5.41) is 2.12. The van der Waals surface area contributed by atoms with Gasteiger partial charge in [-0.2, -0.15) is 0 Å². The molecule has 2 amide bonds. The molecular formula is C25H25N3O2. The van der Waals surface area contributed by atoms with E-state index in [-0.39, 0.29) is 11.8 Å². The van der Waals surface area contributed by atoms with Crippen molar-refractivity contribution in [1.29, 1.82) is 0 Å². The fourth-order valence-electron chi connectivity index (χ4n) is 4.54. The summed E-state index contributed by atoms with van der Waals surface area (Å²) < 4.78 is 0. The van der Waals surface area contributed by atoms with Gasteiger partial charge in [0.25, 0.3) is 11.8 Å². The van der Waals surface area contributed by atoms with Crippen LogP contribution in [0, 0.1) is 5.92 Å². The van der Waals surface area contributed by atoms with Crippen LogP contribution in [0.4, 0.5) is 0 Å². The van der Waals surface area contributed by atoms with Crippen LogP contribution in [0.1, 0.15) is 46.2 Å². The Kier molecular flexibility index (Phi) is 4.54. The number of piperidine rings is 1. The van der Waals surface area contributed by atoms with E-state index < -0.39 is 0 Å². The number of hydrogen-bond acceptors (Lipinski definition) is 3. The van der Waals surface area contributed by atoms with Gasteiger partial charge in [0.2, 0.25) is 0 Å². The summed E-state index contributed by atoms with van der Waals surface area (Å²) in [7, 11) is 1.79. The maximum Gasteiger partial charge on any atom is 0.272 e. The van der Waals surface area contributed by atoms with Crippen molar-refractivity contribution in [3.8, 4) is 11.1 Å². The second kappa shape index (κ2) is 7.24. The molecule has 2 aliphatic heterocycles. The molecule has 30 heavy (non-hydrogen) atoms. The smallest absolute Gasteiger partial charge is 0.272 e. The van der Waals surface area contributed by atoms with Gasteiger partial charge in [-0.15, -0.1) is 0 Å². The number of rotatable bonds is 2. The number of nitrogens with zero attached hydrogens (tertiary/aromatic N) is 3. The largest absolute Gasteiger partial charge is 0.339 e. The monoisotopic (exact) mass is 399 g/mol. The molecule has 0 N–H and O–H groups in total. The van der Waals surface area contributed by atoms with Gasteiger partial charge in [0.05, 0.1) is 0 Å². The molecule has 5 heteroatoms. The van der Waals surface area contributed by atoms with Gasteiger partial charge in [-0.3, -0.25) is 14.6 Å². The third-order valence-corrected chi connectivity index (χ3v) is 6.43. The summed E-state index contributed by atoms with van der Waals surface area (Å²) in [5.41, 5.74) is 4.31. The maximum atomic E-state index is 13.0. The van der Waals surface area contributed by atoms with Crippen molar-refractivity contribution in [2.45, 2.75) is 26.3 Å². The normalized spacial score (nSPS) is 16.9. The van der Waals surface area contributed by atoms with E-state index in [1.165, 1.54) is 0 Å². The fraction of sp³-hybridized carbons (Fsp3) is 0.320. The Morgan fingerprint density at radius 2 is 1.90 bits per heavy atom. The lowest BCUT2D eigenvalue weighted by Gasteiger charge is -2.30. The zero-order valence-corrected chi connectivity index (χ0v) is 17.4. The summed E-state index contributed by atoms with van der Waals surface area (Å²) in [4.78, 5) is 33.2. The van der Waals surface area contributed by atoms with Gasteiger partial charge in [0, 0.05) is 49.6 Å². The first kappa shape index (κ1) is 18.8. The van der Waals surface area contributed by atoms with E-state index in [0.29, 0.717) is 18.2 Å². The minimum Gasteiger partial charge on any atom is -0.339 e. The predicted octanol–water partition coefficient (Wildman–Crippen LogP) is 4.36. The Labute approximate surface area is 176 Å². The van der Waals surface area contributed by atoms with E-state index >= 15 is 0 Å². The zero-order valence-electron chi connectivity index (χ0n) is 17.4. The van der Waals surface area contributed by atoms with Crippen LogP contribution in [0.15, 0.2) is 48.7 Å². The lowest BCUT2D eigenvalue weighted by atomic mass is 9.95.